The molecule has 0 saturated heterocycles. The van der Waals surface area contributed by atoms with Crippen LogP contribution in [0.3, 0.4) is 0 Å². The zero-order chi connectivity index (χ0) is 21.8. The number of halogens is 3. The number of alkyl halides is 3. The van der Waals surface area contributed by atoms with Gasteiger partial charge in [-0.05, 0) is 36.4 Å². The molecule has 1 aromatic heterocycles. The van der Waals surface area contributed by atoms with E-state index >= 15 is 0 Å². The van der Waals surface area contributed by atoms with E-state index in [2.05, 4.69) is 15.2 Å². The lowest BCUT2D eigenvalue weighted by Gasteiger charge is -2.10. The second-order valence-corrected chi connectivity index (χ2v) is 6.56. The van der Waals surface area contributed by atoms with Crippen LogP contribution in [0.4, 0.5) is 18.9 Å². The minimum atomic E-state index is -4.78. The van der Waals surface area contributed by atoms with E-state index in [0.717, 1.165) is 23.4 Å². The molecule has 156 valence electrons. The van der Waals surface area contributed by atoms with Gasteiger partial charge in [0, 0.05) is 17.4 Å². The highest BCUT2D eigenvalue weighted by atomic mass is 19.4. The Morgan fingerprint density at radius 2 is 1.48 bits per heavy atom. The molecule has 0 aliphatic heterocycles. The number of carbonyl (C=O) groups is 1. The Morgan fingerprint density at radius 1 is 0.871 bits per heavy atom. The second kappa shape index (κ2) is 8.35. The van der Waals surface area contributed by atoms with Crippen molar-refractivity contribution in [3.8, 4) is 22.7 Å². The summed E-state index contributed by atoms with van der Waals surface area (Å²) < 4.78 is 42.4. The van der Waals surface area contributed by atoms with Crippen LogP contribution >= 0.6 is 0 Å². The molecule has 0 radical (unpaired) electrons. The molecule has 1 amide bonds. The first-order valence-corrected chi connectivity index (χ1v) is 9.27. The number of hydrogen-bond acceptors (Lipinski definition) is 3. The highest BCUT2D eigenvalue weighted by Crippen LogP contribution is 2.26. The molecule has 0 bridgehead atoms. The van der Waals surface area contributed by atoms with E-state index in [0.29, 0.717) is 16.9 Å². The number of nitrogens with one attached hydrogen (secondary N) is 1. The van der Waals surface area contributed by atoms with Gasteiger partial charge in [0.1, 0.15) is 11.4 Å². The summed E-state index contributed by atoms with van der Waals surface area (Å²) in [5.74, 6) is -0.808. The fourth-order valence-corrected chi connectivity index (χ4v) is 3.00. The number of nitrogens with zero attached hydrogens (tertiary/aromatic N) is 2. The van der Waals surface area contributed by atoms with Crippen LogP contribution in [0.2, 0.25) is 0 Å². The van der Waals surface area contributed by atoms with Gasteiger partial charge in [-0.3, -0.25) is 4.79 Å². The van der Waals surface area contributed by atoms with Crippen LogP contribution in [0.25, 0.3) is 16.9 Å². The molecule has 0 aliphatic rings. The number of rotatable bonds is 5. The molecule has 4 rings (SSSR count). The average molecular weight is 423 g/mol. The Bertz CT molecular complexity index is 1170. The molecule has 1 N–H and O–H groups in total. The number of hydrogen-bond donors (Lipinski definition) is 1. The van der Waals surface area contributed by atoms with Gasteiger partial charge in [0.05, 0.1) is 11.3 Å². The summed E-state index contributed by atoms with van der Waals surface area (Å²) in [6, 6.07) is 23.5. The predicted octanol–water partition coefficient (Wildman–Crippen LogP) is 5.69. The molecule has 5 nitrogen and oxygen atoms in total. The Kier molecular flexibility index (Phi) is 5.44. The zero-order valence-electron chi connectivity index (χ0n) is 16.0. The van der Waals surface area contributed by atoms with E-state index in [1.54, 1.807) is 10.9 Å². The largest absolute Gasteiger partial charge is 0.573 e. The minimum Gasteiger partial charge on any atom is -0.406 e. The predicted molar refractivity (Wildman–Crippen MR) is 110 cm³/mol. The van der Waals surface area contributed by atoms with Gasteiger partial charge in [0.15, 0.2) is 0 Å². The zero-order valence-corrected chi connectivity index (χ0v) is 16.0. The summed E-state index contributed by atoms with van der Waals surface area (Å²) in [5, 5.41) is 7.27. The molecule has 1 heterocycles. The van der Waals surface area contributed by atoms with E-state index in [1.807, 2.05) is 60.7 Å². The van der Waals surface area contributed by atoms with Crippen LogP contribution in [-0.4, -0.2) is 22.1 Å². The van der Waals surface area contributed by atoms with Crippen molar-refractivity contribution < 1.29 is 22.7 Å². The maximum absolute atomic E-state index is 13.0. The lowest BCUT2D eigenvalue weighted by molar-refractivity contribution is -0.274. The van der Waals surface area contributed by atoms with E-state index in [-0.39, 0.29) is 5.75 Å². The third kappa shape index (κ3) is 4.92. The highest BCUT2D eigenvalue weighted by Gasteiger charge is 2.31. The molecule has 31 heavy (non-hydrogen) atoms. The average Bonchev–Trinajstić information content (AvgIpc) is 3.21. The SMILES string of the molecule is O=C(Nc1ccc(OC(F)(F)F)cc1)c1cn(-c2ccccc2)nc1-c1ccccc1. The normalized spacial score (nSPS) is 11.2. The van der Waals surface area contributed by atoms with Crippen molar-refractivity contribution in [2.24, 2.45) is 0 Å². The van der Waals surface area contributed by atoms with E-state index in [9.17, 15) is 18.0 Å². The Labute approximate surface area is 175 Å². The summed E-state index contributed by atoms with van der Waals surface area (Å²) in [7, 11) is 0. The maximum atomic E-state index is 13.0. The molecule has 0 atom stereocenters. The van der Waals surface area contributed by atoms with Gasteiger partial charge in [0.2, 0.25) is 0 Å². The summed E-state index contributed by atoms with van der Waals surface area (Å²) in [6.45, 7) is 0. The van der Waals surface area contributed by atoms with Gasteiger partial charge in [-0.1, -0.05) is 48.5 Å². The van der Waals surface area contributed by atoms with Crippen molar-refractivity contribution in [1.82, 2.24) is 9.78 Å². The summed E-state index contributed by atoms with van der Waals surface area (Å²) in [4.78, 5) is 13.0. The summed E-state index contributed by atoms with van der Waals surface area (Å²) in [5.41, 5.74) is 2.68. The van der Waals surface area contributed by atoms with Crippen LogP contribution < -0.4 is 10.1 Å². The quantitative estimate of drug-likeness (QED) is 0.449. The highest BCUT2D eigenvalue weighted by molar-refractivity contribution is 6.08. The third-order valence-electron chi connectivity index (χ3n) is 4.37. The number of aromatic nitrogens is 2. The number of benzene rings is 3. The Morgan fingerprint density at radius 3 is 2.10 bits per heavy atom. The minimum absolute atomic E-state index is 0.325. The molecule has 0 aliphatic carbocycles. The Hall–Kier alpha value is -4.07. The van der Waals surface area contributed by atoms with Crippen molar-refractivity contribution in [2.45, 2.75) is 6.36 Å². The topological polar surface area (TPSA) is 56.1 Å². The molecule has 0 spiro atoms. The lowest BCUT2D eigenvalue weighted by atomic mass is 10.1. The first-order valence-electron chi connectivity index (χ1n) is 9.27. The van der Waals surface area contributed by atoms with Crippen LogP contribution in [-0.2, 0) is 0 Å². The summed E-state index contributed by atoms with van der Waals surface area (Å²) in [6.07, 6.45) is -3.16. The standard InChI is InChI=1S/C23H16F3N3O2/c24-23(25,26)31-19-13-11-17(12-14-19)27-22(30)20-15-29(18-9-5-2-6-10-18)28-21(20)16-7-3-1-4-8-16/h1-15H,(H,27,30). The molecular weight excluding hydrogens is 407 g/mol. The van der Waals surface area contributed by atoms with Crippen molar-refractivity contribution >= 4 is 11.6 Å². The van der Waals surface area contributed by atoms with E-state index in [4.69, 9.17) is 0 Å². The first-order chi connectivity index (χ1) is 14.9. The van der Waals surface area contributed by atoms with Crippen molar-refractivity contribution in [1.29, 1.82) is 0 Å². The fraction of sp³-hybridized carbons (Fsp3) is 0.0435. The Balaban J connectivity index is 1.63. The van der Waals surface area contributed by atoms with E-state index in [1.165, 1.54) is 12.1 Å². The molecule has 0 saturated carbocycles. The van der Waals surface area contributed by atoms with Gasteiger partial charge in [-0.15, -0.1) is 13.2 Å². The van der Waals surface area contributed by atoms with E-state index < -0.39 is 12.3 Å². The van der Waals surface area contributed by atoms with Crippen molar-refractivity contribution in [3.05, 3.63) is 96.7 Å². The van der Waals surface area contributed by atoms with Gasteiger partial charge in [0.25, 0.3) is 5.91 Å². The molecule has 4 aromatic rings. The number of anilines is 1. The number of carbonyl (C=O) groups excluding carboxylic acids is 1. The fourth-order valence-electron chi connectivity index (χ4n) is 3.00. The monoisotopic (exact) mass is 423 g/mol. The first kappa shape index (κ1) is 20.2. The van der Waals surface area contributed by atoms with Gasteiger partial charge < -0.3 is 10.1 Å². The smallest absolute Gasteiger partial charge is 0.406 e. The second-order valence-electron chi connectivity index (χ2n) is 6.56. The molecule has 0 fully saturated rings. The van der Waals surface area contributed by atoms with Crippen LogP contribution in [0.1, 0.15) is 10.4 Å². The third-order valence-corrected chi connectivity index (χ3v) is 4.37. The number of ether oxygens (including phenoxy) is 1. The van der Waals surface area contributed by atoms with Crippen molar-refractivity contribution in [2.75, 3.05) is 5.32 Å². The number of amides is 1. The van der Waals surface area contributed by atoms with Crippen LogP contribution in [0, 0.1) is 0 Å². The number of para-hydroxylation sites is 1. The van der Waals surface area contributed by atoms with Crippen LogP contribution in [0.5, 0.6) is 5.75 Å². The molecular formula is C23H16F3N3O2. The molecule has 0 unspecified atom stereocenters. The summed E-state index contributed by atoms with van der Waals surface area (Å²) >= 11 is 0. The maximum Gasteiger partial charge on any atom is 0.573 e. The van der Waals surface area contributed by atoms with Gasteiger partial charge in [-0.25, -0.2) is 4.68 Å². The molecule has 3 aromatic carbocycles. The van der Waals surface area contributed by atoms with Gasteiger partial charge in [-0.2, -0.15) is 5.10 Å². The van der Waals surface area contributed by atoms with Crippen molar-refractivity contribution in [3.63, 3.8) is 0 Å². The van der Waals surface area contributed by atoms with Crippen LogP contribution in [0.15, 0.2) is 91.1 Å². The molecule has 8 heteroatoms. The lowest BCUT2D eigenvalue weighted by Crippen LogP contribution is -2.17. The van der Waals surface area contributed by atoms with Gasteiger partial charge >= 0.3 is 6.36 Å².